The number of benzene rings is 2. The normalized spacial score (nSPS) is 10.8. The standard InChI is InChI=1S/C19H20N4O6/c1-28-16-7-12(3-5-14(16)24)10-20-22-18(26)9-19(27)23-21-11-13-4-6-15(25)17(8-13)29-2/h3-8,10-11,24-25H,9H2,1-2H3,(H,22,26)(H,23,27)/b20-10-,21-11-. The highest BCUT2D eigenvalue weighted by atomic mass is 16.5. The van der Waals surface area contributed by atoms with Gasteiger partial charge in [0, 0.05) is 0 Å². The van der Waals surface area contributed by atoms with E-state index < -0.39 is 18.2 Å². The van der Waals surface area contributed by atoms with E-state index in [1.807, 2.05) is 0 Å². The van der Waals surface area contributed by atoms with Crippen LogP contribution in [0.2, 0.25) is 0 Å². The fraction of sp³-hybridized carbons (Fsp3) is 0.158. The molecule has 0 aliphatic carbocycles. The molecule has 0 spiro atoms. The molecular formula is C19H20N4O6. The van der Waals surface area contributed by atoms with Gasteiger partial charge in [-0.05, 0) is 47.5 Å². The molecular weight excluding hydrogens is 380 g/mol. The first-order valence-electron chi connectivity index (χ1n) is 8.30. The maximum atomic E-state index is 11.7. The van der Waals surface area contributed by atoms with Gasteiger partial charge in [0.1, 0.15) is 6.42 Å². The Bertz CT molecular complexity index is 867. The number of carbonyl (C=O) groups excluding carboxylic acids is 2. The first kappa shape index (κ1) is 21.2. The van der Waals surface area contributed by atoms with Gasteiger partial charge in [-0.2, -0.15) is 10.2 Å². The smallest absolute Gasteiger partial charge is 0.249 e. The van der Waals surface area contributed by atoms with E-state index in [-0.39, 0.29) is 23.0 Å². The number of aromatic hydroxyl groups is 2. The highest BCUT2D eigenvalue weighted by Gasteiger charge is 2.08. The van der Waals surface area contributed by atoms with Gasteiger partial charge in [-0.25, -0.2) is 10.9 Å². The molecule has 2 aromatic rings. The van der Waals surface area contributed by atoms with E-state index in [0.29, 0.717) is 11.1 Å². The van der Waals surface area contributed by atoms with Gasteiger partial charge in [0.15, 0.2) is 23.0 Å². The summed E-state index contributed by atoms with van der Waals surface area (Å²) >= 11 is 0. The Kier molecular flexibility index (Phi) is 7.54. The van der Waals surface area contributed by atoms with Crippen molar-refractivity contribution in [2.24, 2.45) is 10.2 Å². The minimum absolute atomic E-state index is 0.0170. The quantitative estimate of drug-likeness (QED) is 0.297. The third-order valence-electron chi connectivity index (χ3n) is 3.53. The van der Waals surface area contributed by atoms with Crippen molar-refractivity contribution in [2.45, 2.75) is 6.42 Å². The molecule has 0 saturated heterocycles. The van der Waals surface area contributed by atoms with Gasteiger partial charge in [0.2, 0.25) is 11.8 Å². The zero-order valence-electron chi connectivity index (χ0n) is 15.7. The highest BCUT2D eigenvalue weighted by molar-refractivity contribution is 5.97. The minimum Gasteiger partial charge on any atom is -0.504 e. The third-order valence-corrected chi connectivity index (χ3v) is 3.53. The first-order chi connectivity index (χ1) is 13.9. The molecule has 10 nitrogen and oxygen atoms in total. The number of hydrogen-bond acceptors (Lipinski definition) is 8. The average Bonchev–Trinajstić information content (AvgIpc) is 2.70. The van der Waals surface area contributed by atoms with E-state index in [4.69, 9.17) is 9.47 Å². The molecule has 0 unspecified atom stereocenters. The lowest BCUT2D eigenvalue weighted by Gasteiger charge is -2.04. The Morgan fingerprint density at radius 3 is 1.66 bits per heavy atom. The van der Waals surface area contributed by atoms with Crippen molar-refractivity contribution in [1.82, 2.24) is 10.9 Å². The molecule has 0 radical (unpaired) electrons. The van der Waals surface area contributed by atoms with Crippen molar-refractivity contribution in [1.29, 1.82) is 0 Å². The molecule has 0 aliphatic rings. The first-order valence-corrected chi connectivity index (χ1v) is 8.30. The van der Waals surface area contributed by atoms with Crippen LogP contribution in [0.1, 0.15) is 17.5 Å². The van der Waals surface area contributed by atoms with Crippen molar-refractivity contribution in [3.8, 4) is 23.0 Å². The summed E-state index contributed by atoms with van der Waals surface area (Å²) in [6.45, 7) is 0. The van der Waals surface area contributed by atoms with Crippen molar-refractivity contribution in [3.63, 3.8) is 0 Å². The summed E-state index contributed by atoms with van der Waals surface area (Å²) in [7, 11) is 2.83. The van der Waals surface area contributed by atoms with E-state index in [9.17, 15) is 19.8 Å². The van der Waals surface area contributed by atoms with Crippen LogP contribution in [0.4, 0.5) is 0 Å². The second-order valence-corrected chi connectivity index (χ2v) is 5.63. The Hall–Kier alpha value is -4.08. The lowest BCUT2D eigenvalue weighted by atomic mass is 10.2. The number of nitrogens with one attached hydrogen (secondary N) is 2. The second-order valence-electron chi connectivity index (χ2n) is 5.63. The Morgan fingerprint density at radius 2 is 1.28 bits per heavy atom. The van der Waals surface area contributed by atoms with Crippen LogP contribution in [-0.2, 0) is 9.59 Å². The molecule has 10 heteroatoms. The van der Waals surface area contributed by atoms with Crippen LogP contribution in [0, 0.1) is 0 Å². The van der Waals surface area contributed by atoms with E-state index in [0.717, 1.165) is 0 Å². The Morgan fingerprint density at radius 1 is 0.862 bits per heavy atom. The van der Waals surface area contributed by atoms with Crippen LogP contribution >= 0.6 is 0 Å². The van der Waals surface area contributed by atoms with Crippen molar-refractivity contribution in [2.75, 3.05) is 14.2 Å². The molecule has 2 aromatic carbocycles. The van der Waals surface area contributed by atoms with Crippen molar-refractivity contribution in [3.05, 3.63) is 47.5 Å². The minimum atomic E-state index is -0.633. The van der Waals surface area contributed by atoms with Gasteiger partial charge in [-0.3, -0.25) is 9.59 Å². The molecule has 0 aliphatic heterocycles. The molecule has 152 valence electrons. The summed E-state index contributed by atoms with van der Waals surface area (Å²) in [6, 6.07) is 9.07. The number of nitrogens with zero attached hydrogens (tertiary/aromatic N) is 2. The molecule has 29 heavy (non-hydrogen) atoms. The predicted octanol–water partition coefficient (Wildman–Crippen LogP) is 1.11. The number of phenols is 2. The monoisotopic (exact) mass is 400 g/mol. The van der Waals surface area contributed by atoms with Gasteiger partial charge in [0.05, 0.1) is 26.6 Å². The molecule has 2 rings (SSSR count). The predicted molar refractivity (Wildman–Crippen MR) is 105 cm³/mol. The molecule has 4 N–H and O–H groups in total. The zero-order valence-corrected chi connectivity index (χ0v) is 15.7. The van der Waals surface area contributed by atoms with Gasteiger partial charge < -0.3 is 19.7 Å². The van der Waals surface area contributed by atoms with E-state index in [1.54, 1.807) is 12.1 Å². The maximum Gasteiger partial charge on any atom is 0.249 e. The molecule has 0 saturated carbocycles. The summed E-state index contributed by atoms with van der Waals surface area (Å²) < 4.78 is 9.94. The number of methoxy groups -OCH3 is 2. The van der Waals surface area contributed by atoms with Crippen LogP contribution in [0.5, 0.6) is 23.0 Å². The molecule has 0 heterocycles. The third kappa shape index (κ3) is 6.54. The molecule has 2 amide bonds. The van der Waals surface area contributed by atoms with Crippen molar-refractivity contribution >= 4 is 24.2 Å². The van der Waals surface area contributed by atoms with E-state index >= 15 is 0 Å². The van der Waals surface area contributed by atoms with Crippen molar-refractivity contribution < 1.29 is 29.3 Å². The lowest BCUT2D eigenvalue weighted by Crippen LogP contribution is -2.27. The molecule has 0 aromatic heterocycles. The maximum absolute atomic E-state index is 11.7. The zero-order chi connectivity index (χ0) is 21.2. The van der Waals surface area contributed by atoms with Crippen LogP contribution in [0.15, 0.2) is 46.6 Å². The number of amides is 2. The van der Waals surface area contributed by atoms with E-state index in [2.05, 4.69) is 21.1 Å². The van der Waals surface area contributed by atoms with Crippen LogP contribution in [0.25, 0.3) is 0 Å². The van der Waals surface area contributed by atoms with E-state index in [1.165, 1.54) is 50.9 Å². The highest BCUT2D eigenvalue weighted by Crippen LogP contribution is 2.26. The number of phenolic OH excluding ortho intramolecular Hbond substituents is 2. The summed E-state index contributed by atoms with van der Waals surface area (Å²) in [5.74, 6) is -0.766. The van der Waals surface area contributed by atoms with Gasteiger partial charge in [0.25, 0.3) is 0 Å². The number of hydrogen-bond donors (Lipinski definition) is 4. The topological polar surface area (TPSA) is 142 Å². The van der Waals surface area contributed by atoms with Gasteiger partial charge in [-0.1, -0.05) is 0 Å². The molecule has 0 atom stereocenters. The fourth-order valence-corrected chi connectivity index (χ4v) is 2.13. The van der Waals surface area contributed by atoms with Crippen LogP contribution in [-0.4, -0.2) is 48.7 Å². The Balaban J connectivity index is 1.81. The molecule has 0 fully saturated rings. The lowest BCUT2D eigenvalue weighted by molar-refractivity contribution is -0.129. The summed E-state index contributed by atoms with van der Waals surface area (Å²) in [5, 5.41) is 26.5. The summed E-state index contributed by atoms with van der Waals surface area (Å²) in [6.07, 6.45) is 2.20. The largest absolute Gasteiger partial charge is 0.504 e. The van der Waals surface area contributed by atoms with Crippen LogP contribution in [0.3, 0.4) is 0 Å². The number of rotatable bonds is 8. The summed E-state index contributed by atoms with van der Waals surface area (Å²) in [5.41, 5.74) is 5.59. The summed E-state index contributed by atoms with van der Waals surface area (Å²) in [4.78, 5) is 23.5. The SMILES string of the molecule is COc1cc(/C=N\NC(=O)CC(=O)N/N=C\c2ccc(O)c(OC)c2)ccc1O. The van der Waals surface area contributed by atoms with Gasteiger partial charge >= 0.3 is 0 Å². The fourth-order valence-electron chi connectivity index (χ4n) is 2.13. The Labute approximate surface area is 166 Å². The number of ether oxygens (including phenoxy) is 2. The average molecular weight is 400 g/mol. The number of carbonyl (C=O) groups is 2. The number of hydrazone groups is 2. The van der Waals surface area contributed by atoms with Gasteiger partial charge in [-0.15, -0.1) is 0 Å². The second kappa shape index (κ2) is 10.3. The molecule has 0 bridgehead atoms. The van der Waals surface area contributed by atoms with Crippen LogP contribution < -0.4 is 20.3 Å².